The van der Waals surface area contributed by atoms with Crippen LogP contribution in [0, 0.1) is 5.92 Å². The van der Waals surface area contributed by atoms with Crippen molar-refractivity contribution < 1.29 is 28.9 Å². The lowest BCUT2D eigenvalue weighted by Gasteiger charge is -2.39. The number of hydrogen-bond acceptors (Lipinski definition) is 8. The quantitative estimate of drug-likeness (QED) is 0.202. The summed E-state index contributed by atoms with van der Waals surface area (Å²) < 4.78 is 17.7. The summed E-state index contributed by atoms with van der Waals surface area (Å²) in [6.45, 7) is 2.04. The number of rotatable bonds is 14. The van der Waals surface area contributed by atoms with Gasteiger partial charge < -0.3 is 29.0 Å². The van der Waals surface area contributed by atoms with Gasteiger partial charge in [0.2, 0.25) is 0 Å². The van der Waals surface area contributed by atoms with E-state index in [0.717, 1.165) is 46.8 Å². The molecule has 0 bridgehead atoms. The number of allylic oxidation sites excluding steroid dienone is 1. The fourth-order valence-electron chi connectivity index (χ4n) is 5.05. The molecule has 1 N–H and O–H groups in total. The van der Waals surface area contributed by atoms with Crippen LogP contribution in [0.3, 0.4) is 0 Å². The molecule has 0 spiro atoms. The number of aldehydes is 2. The van der Waals surface area contributed by atoms with E-state index in [2.05, 4.69) is 31.9 Å². The van der Waals surface area contributed by atoms with Gasteiger partial charge in [0.1, 0.15) is 18.6 Å². The van der Waals surface area contributed by atoms with Crippen LogP contribution in [0.2, 0.25) is 0 Å². The number of carbonyl (C=O) groups is 2. The first-order chi connectivity index (χ1) is 18.7. The van der Waals surface area contributed by atoms with Crippen LogP contribution < -0.4 is 4.74 Å². The number of aliphatic hydroxyl groups is 1. The van der Waals surface area contributed by atoms with E-state index in [1.165, 1.54) is 0 Å². The Kier molecular flexibility index (Phi) is 10.6. The molecule has 3 atom stereocenters. The van der Waals surface area contributed by atoms with Crippen LogP contribution in [0.4, 0.5) is 5.69 Å². The Morgan fingerprint density at radius 3 is 2.55 bits per heavy atom. The predicted octanol–water partition coefficient (Wildman–Crippen LogP) is 4.22. The fraction of sp³-hybridized carbons (Fsp3) is 0.414. The highest BCUT2D eigenvalue weighted by atomic mass is 79.9. The van der Waals surface area contributed by atoms with Gasteiger partial charge in [-0.05, 0) is 66.9 Å². The average Bonchev–Trinajstić information content (AvgIpc) is 3.38. The summed E-state index contributed by atoms with van der Waals surface area (Å²) in [6, 6.07) is 13.0. The fourth-order valence-corrected chi connectivity index (χ4v) is 5.31. The molecule has 0 saturated heterocycles. The van der Waals surface area contributed by atoms with E-state index in [9.17, 15) is 9.59 Å². The second-order valence-corrected chi connectivity index (χ2v) is 10.0. The molecule has 0 radical (unpaired) electrons. The van der Waals surface area contributed by atoms with Crippen molar-refractivity contribution in [3.05, 3.63) is 70.3 Å². The Balaban J connectivity index is 1.44. The lowest BCUT2D eigenvalue weighted by atomic mass is 9.87. The lowest BCUT2D eigenvalue weighted by molar-refractivity contribution is -0.113. The number of halogens is 1. The monoisotopic (exact) mass is 584 g/mol. The van der Waals surface area contributed by atoms with E-state index in [4.69, 9.17) is 19.3 Å². The third-order valence-electron chi connectivity index (χ3n) is 6.80. The summed E-state index contributed by atoms with van der Waals surface area (Å²) in [6.07, 6.45) is 7.96. The van der Waals surface area contributed by atoms with Gasteiger partial charge in [0.15, 0.2) is 6.29 Å². The van der Waals surface area contributed by atoms with E-state index < -0.39 is 6.04 Å². The topological polar surface area (TPSA) is 97.7 Å². The smallest absolute Gasteiger partial charge is 0.164 e. The largest absolute Gasteiger partial charge is 0.491 e. The Bertz CT molecular complexity index is 1140. The zero-order chi connectivity index (χ0) is 26.7. The van der Waals surface area contributed by atoms with E-state index in [0.29, 0.717) is 50.9 Å². The number of carbonyl (C=O) groups excluding carboxylic acids is 2. The summed E-state index contributed by atoms with van der Waals surface area (Å²) in [5.41, 5.74) is 3.32. The van der Waals surface area contributed by atoms with Crippen LogP contribution >= 0.6 is 15.9 Å². The minimum atomic E-state index is -0.499. The second kappa shape index (κ2) is 14.3. The summed E-state index contributed by atoms with van der Waals surface area (Å²) in [5, 5.41) is 8.72. The van der Waals surface area contributed by atoms with Crippen molar-refractivity contribution in [2.45, 2.75) is 31.3 Å². The van der Waals surface area contributed by atoms with Crippen LogP contribution in [0.15, 0.2) is 64.2 Å². The number of nitrogens with zero attached hydrogens (tertiary/aromatic N) is 2. The first-order valence-corrected chi connectivity index (χ1v) is 13.6. The van der Waals surface area contributed by atoms with Crippen molar-refractivity contribution in [1.29, 1.82) is 0 Å². The van der Waals surface area contributed by atoms with Gasteiger partial charge >= 0.3 is 0 Å². The molecule has 0 fully saturated rings. The Labute approximate surface area is 231 Å². The van der Waals surface area contributed by atoms with Crippen molar-refractivity contribution in [3.63, 3.8) is 0 Å². The van der Waals surface area contributed by atoms with Crippen LogP contribution in [-0.4, -0.2) is 74.0 Å². The maximum Gasteiger partial charge on any atom is 0.164 e. The molecule has 0 aromatic heterocycles. The highest BCUT2D eigenvalue weighted by molar-refractivity contribution is 9.10. The molecule has 2 aliphatic rings. The number of benzene rings is 2. The molecule has 0 saturated carbocycles. The molecular weight excluding hydrogens is 552 g/mol. The minimum absolute atomic E-state index is 0.00251. The van der Waals surface area contributed by atoms with Gasteiger partial charge in [0, 0.05) is 10.4 Å². The highest BCUT2D eigenvalue weighted by Crippen LogP contribution is 2.43. The van der Waals surface area contributed by atoms with Gasteiger partial charge in [-0.1, -0.05) is 34.1 Å². The predicted molar refractivity (Wildman–Crippen MR) is 148 cm³/mol. The lowest BCUT2D eigenvalue weighted by Crippen LogP contribution is -2.45. The first kappa shape index (κ1) is 28.2. The van der Waals surface area contributed by atoms with Crippen molar-refractivity contribution >= 4 is 39.9 Å². The molecule has 38 heavy (non-hydrogen) atoms. The van der Waals surface area contributed by atoms with Gasteiger partial charge in [-0.2, -0.15) is 0 Å². The summed E-state index contributed by atoms with van der Waals surface area (Å²) >= 11 is 3.41. The van der Waals surface area contributed by atoms with Crippen LogP contribution in [-0.2, 0) is 25.5 Å². The number of aliphatic imine (C=N–C) groups is 1. The van der Waals surface area contributed by atoms with Crippen molar-refractivity contribution in [3.8, 4) is 5.75 Å². The third-order valence-corrected chi connectivity index (χ3v) is 7.33. The van der Waals surface area contributed by atoms with Gasteiger partial charge in [0.05, 0.1) is 56.5 Å². The number of fused-ring (bicyclic) bond motifs is 1. The van der Waals surface area contributed by atoms with Crippen LogP contribution in [0.1, 0.15) is 30.0 Å². The average molecular weight is 585 g/mol. The Morgan fingerprint density at radius 2 is 1.82 bits per heavy atom. The molecule has 2 aromatic rings. The van der Waals surface area contributed by atoms with E-state index in [1.54, 1.807) is 0 Å². The maximum atomic E-state index is 12.4. The molecule has 9 heteroatoms. The molecule has 4 rings (SSSR count). The third kappa shape index (κ3) is 6.96. The number of aliphatic hydroxyl groups excluding tert-OH is 1. The molecule has 2 aromatic carbocycles. The zero-order valence-corrected chi connectivity index (χ0v) is 22.8. The summed E-state index contributed by atoms with van der Waals surface area (Å²) in [7, 11) is 0. The molecule has 0 amide bonds. The maximum absolute atomic E-state index is 12.4. The van der Waals surface area contributed by atoms with Gasteiger partial charge in [-0.15, -0.1) is 0 Å². The Morgan fingerprint density at radius 1 is 1.05 bits per heavy atom. The second-order valence-electron chi connectivity index (χ2n) is 9.11. The normalized spacial score (nSPS) is 20.8. The van der Waals surface area contributed by atoms with Crippen LogP contribution in [0.25, 0.3) is 0 Å². The van der Waals surface area contributed by atoms with Crippen LogP contribution in [0.5, 0.6) is 5.75 Å². The van der Waals surface area contributed by atoms with E-state index >= 15 is 0 Å². The van der Waals surface area contributed by atoms with Crippen molar-refractivity contribution in [1.82, 2.24) is 4.90 Å². The molecular formula is C29H33BrN2O6. The molecule has 1 aliphatic heterocycles. The molecule has 202 valence electrons. The standard InChI is InChI=1S/C29H33BrN2O6/c30-21-6-8-22(9-7-21)31-26(19-34)25-4-2-12-32(28(25)20-35)27-11-10-24-23(27)3-1-5-29(24)38-18-17-37-16-15-36-14-13-33/h1-3,5-9,12,19-20,25,27-28,33H,4,10-11,13-18H2. The summed E-state index contributed by atoms with van der Waals surface area (Å²) in [5.74, 6) is 0.497. The first-order valence-electron chi connectivity index (χ1n) is 12.9. The minimum Gasteiger partial charge on any atom is -0.491 e. The summed E-state index contributed by atoms with van der Waals surface area (Å²) in [4.78, 5) is 31.1. The van der Waals surface area contributed by atoms with Gasteiger partial charge in [-0.3, -0.25) is 4.79 Å². The molecule has 1 heterocycles. The highest BCUT2D eigenvalue weighted by Gasteiger charge is 2.38. The van der Waals surface area contributed by atoms with E-state index in [1.807, 2.05) is 48.7 Å². The molecule has 3 unspecified atom stereocenters. The van der Waals surface area contributed by atoms with Crippen molar-refractivity contribution in [2.24, 2.45) is 10.9 Å². The number of hydrogen-bond donors (Lipinski definition) is 1. The molecule has 8 nitrogen and oxygen atoms in total. The molecule has 1 aliphatic carbocycles. The van der Waals surface area contributed by atoms with Gasteiger partial charge in [0.25, 0.3) is 0 Å². The van der Waals surface area contributed by atoms with Crippen molar-refractivity contribution in [2.75, 3.05) is 39.6 Å². The van der Waals surface area contributed by atoms with E-state index in [-0.39, 0.29) is 18.6 Å². The number of ether oxygens (including phenoxy) is 3. The SMILES string of the molecule is O=CC(=Nc1ccc(Br)cc1)C1CC=CN(C2CCc3c(OCCOCCOCCO)cccc32)C1C=O. The van der Waals surface area contributed by atoms with Gasteiger partial charge in [-0.25, -0.2) is 4.99 Å². The Hall–Kier alpha value is -2.85. The zero-order valence-electron chi connectivity index (χ0n) is 21.2.